The highest BCUT2D eigenvalue weighted by molar-refractivity contribution is 6.31. The average molecular weight is 291 g/mol. The molecule has 1 aromatic carbocycles. The van der Waals surface area contributed by atoms with E-state index >= 15 is 0 Å². The van der Waals surface area contributed by atoms with Crippen LogP contribution in [0.4, 0.5) is 5.82 Å². The van der Waals surface area contributed by atoms with E-state index in [-0.39, 0.29) is 0 Å². The van der Waals surface area contributed by atoms with Gasteiger partial charge >= 0.3 is 0 Å². The first-order chi connectivity index (χ1) is 9.51. The Kier molecular flexibility index (Phi) is 4.50. The predicted octanol–water partition coefficient (Wildman–Crippen LogP) is 5.00. The van der Waals surface area contributed by atoms with E-state index in [9.17, 15) is 0 Å². The van der Waals surface area contributed by atoms with E-state index in [2.05, 4.69) is 24.1 Å². The molecule has 1 aromatic heterocycles. The number of aromatic nitrogens is 1. The maximum absolute atomic E-state index is 6.27. The van der Waals surface area contributed by atoms with Crippen LogP contribution in [-0.2, 0) is 0 Å². The Labute approximate surface area is 124 Å². The zero-order valence-corrected chi connectivity index (χ0v) is 13.0. The Morgan fingerprint density at radius 3 is 2.65 bits per heavy atom. The minimum atomic E-state index is 0.357. The summed E-state index contributed by atoms with van der Waals surface area (Å²) in [5.41, 5.74) is 2.11. The SMILES string of the molecule is CNc1cc(Oc2cc(C(C)C)c(Cl)cc2C)ccn1. The van der Waals surface area contributed by atoms with Crippen molar-refractivity contribution < 1.29 is 4.74 Å². The summed E-state index contributed by atoms with van der Waals surface area (Å²) in [5.74, 6) is 2.71. The molecule has 0 saturated heterocycles. The third-order valence-corrected chi connectivity index (χ3v) is 3.46. The van der Waals surface area contributed by atoms with Gasteiger partial charge in [0.15, 0.2) is 0 Å². The number of aryl methyl sites for hydroxylation is 1. The highest BCUT2D eigenvalue weighted by Crippen LogP contribution is 2.34. The largest absolute Gasteiger partial charge is 0.457 e. The summed E-state index contributed by atoms with van der Waals surface area (Å²) < 4.78 is 5.96. The van der Waals surface area contributed by atoms with Gasteiger partial charge in [0.25, 0.3) is 0 Å². The van der Waals surface area contributed by atoms with Crippen molar-refractivity contribution in [2.45, 2.75) is 26.7 Å². The monoisotopic (exact) mass is 290 g/mol. The molecule has 1 N–H and O–H groups in total. The molecule has 0 aliphatic heterocycles. The third kappa shape index (κ3) is 3.23. The van der Waals surface area contributed by atoms with Crippen LogP contribution in [0.1, 0.15) is 30.9 Å². The molecule has 2 rings (SSSR count). The average Bonchev–Trinajstić information content (AvgIpc) is 2.41. The Bertz CT molecular complexity index is 611. The molecule has 0 atom stereocenters. The van der Waals surface area contributed by atoms with Crippen LogP contribution in [0.3, 0.4) is 0 Å². The molecule has 0 aliphatic carbocycles. The molecule has 2 aromatic rings. The summed E-state index contributed by atoms with van der Waals surface area (Å²) in [6, 6.07) is 7.67. The van der Waals surface area contributed by atoms with Gasteiger partial charge in [0.05, 0.1) is 0 Å². The zero-order valence-electron chi connectivity index (χ0n) is 12.2. The molecular formula is C16H19ClN2O. The van der Waals surface area contributed by atoms with Crippen molar-refractivity contribution in [1.82, 2.24) is 4.98 Å². The molecule has 0 unspecified atom stereocenters. The second-order valence-corrected chi connectivity index (χ2v) is 5.43. The number of nitrogens with zero attached hydrogens (tertiary/aromatic N) is 1. The number of pyridine rings is 1. The molecule has 0 amide bonds. The lowest BCUT2D eigenvalue weighted by molar-refractivity contribution is 0.477. The van der Waals surface area contributed by atoms with Crippen molar-refractivity contribution in [3.8, 4) is 11.5 Å². The minimum absolute atomic E-state index is 0.357. The number of anilines is 1. The summed E-state index contributed by atoms with van der Waals surface area (Å²) in [6.45, 7) is 6.23. The van der Waals surface area contributed by atoms with Gasteiger partial charge < -0.3 is 10.1 Å². The first-order valence-electron chi connectivity index (χ1n) is 6.63. The number of benzene rings is 1. The van der Waals surface area contributed by atoms with Crippen LogP contribution < -0.4 is 10.1 Å². The topological polar surface area (TPSA) is 34.1 Å². The summed E-state index contributed by atoms with van der Waals surface area (Å²) >= 11 is 6.27. The van der Waals surface area contributed by atoms with Crippen LogP contribution in [-0.4, -0.2) is 12.0 Å². The lowest BCUT2D eigenvalue weighted by Gasteiger charge is -2.14. The lowest BCUT2D eigenvalue weighted by Crippen LogP contribution is -1.96. The summed E-state index contributed by atoms with van der Waals surface area (Å²) in [7, 11) is 1.83. The minimum Gasteiger partial charge on any atom is -0.457 e. The van der Waals surface area contributed by atoms with Crippen LogP contribution in [0.5, 0.6) is 11.5 Å². The smallest absolute Gasteiger partial charge is 0.132 e. The molecule has 106 valence electrons. The fraction of sp³-hybridized carbons (Fsp3) is 0.312. The highest BCUT2D eigenvalue weighted by atomic mass is 35.5. The van der Waals surface area contributed by atoms with Gasteiger partial charge in [-0.3, -0.25) is 0 Å². The number of hydrogen-bond donors (Lipinski definition) is 1. The molecule has 20 heavy (non-hydrogen) atoms. The number of nitrogens with one attached hydrogen (secondary N) is 1. The first kappa shape index (κ1) is 14.7. The fourth-order valence-electron chi connectivity index (χ4n) is 1.96. The number of hydrogen-bond acceptors (Lipinski definition) is 3. The molecule has 0 aliphatic rings. The van der Waals surface area contributed by atoms with Gasteiger partial charge in [0.1, 0.15) is 17.3 Å². The number of ether oxygens (including phenoxy) is 1. The molecular weight excluding hydrogens is 272 g/mol. The van der Waals surface area contributed by atoms with E-state index in [0.717, 1.165) is 33.5 Å². The maximum Gasteiger partial charge on any atom is 0.132 e. The van der Waals surface area contributed by atoms with E-state index in [0.29, 0.717) is 5.92 Å². The van der Waals surface area contributed by atoms with Crippen LogP contribution in [0, 0.1) is 6.92 Å². The van der Waals surface area contributed by atoms with Gasteiger partial charge in [0.2, 0.25) is 0 Å². The van der Waals surface area contributed by atoms with Gasteiger partial charge in [-0.15, -0.1) is 0 Å². The summed E-state index contributed by atoms with van der Waals surface area (Å²) in [5, 5.41) is 3.78. The standard InChI is InChI=1S/C16H19ClN2O/c1-10(2)13-9-15(11(3)7-14(13)17)20-12-5-6-19-16(8-12)18-4/h5-10H,1-4H3,(H,18,19). The van der Waals surface area contributed by atoms with Crippen LogP contribution in [0.25, 0.3) is 0 Å². The molecule has 4 heteroatoms. The van der Waals surface area contributed by atoms with E-state index in [1.54, 1.807) is 6.20 Å². The fourth-order valence-corrected chi connectivity index (χ4v) is 2.40. The summed E-state index contributed by atoms with van der Waals surface area (Å²) in [6.07, 6.45) is 1.72. The number of rotatable bonds is 4. The van der Waals surface area contributed by atoms with E-state index in [4.69, 9.17) is 16.3 Å². The van der Waals surface area contributed by atoms with Crippen LogP contribution >= 0.6 is 11.6 Å². The second-order valence-electron chi connectivity index (χ2n) is 5.02. The third-order valence-electron chi connectivity index (χ3n) is 3.13. The van der Waals surface area contributed by atoms with Crippen molar-refractivity contribution in [3.63, 3.8) is 0 Å². The van der Waals surface area contributed by atoms with E-state index in [1.165, 1.54) is 0 Å². The first-order valence-corrected chi connectivity index (χ1v) is 7.00. The van der Waals surface area contributed by atoms with Crippen molar-refractivity contribution in [2.75, 3.05) is 12.4 Å². The Morgan fingerprint density at radius 2 is 2.00 bits per heavy atom. The molecule has 0 radical (unpaired) electrons. The van der Waals surface area contributed by atoms with Gasteiger partial charge in [-0.2, -0.15) is 0 Å². The summed E-state index contributed by atoms with van der Waals surface area (Å²) in [4.78, 5) is 4.17. The Hall–Kier alpha value is -1.74. The molecule has 1 heterocycles. The molecule has 0 fully saturated rings. The molecule has 3 nitrogen and oxygen atoms in total. The highest BCUT2D eigenvalue weighted by Gasteiger charge is 2.11. The van der Waals surface area contributed by atoms with Gasteiger partial charge in [-0.1, -0.05) is 25.4 Å². The second kappa shape index (κ2) is 6.14. The van der Waals surface area contributed by atoms with Gasteiger partial charge in [0, 0.05) is 24.3 Å². The van der Waals surface area contributed by atoms with Crippen molar-refractivity contribution in [2.24, 2.45) is 0 Å². The normalized spacial score (nSPS) is 10.7. The van der Waals surface area contributed by atoms with Crippen molar-refractivity contribution >= 4 is 17.4 Å². The van der Waals surface area contributed by atoms with E-state index < -0.39 is 0 Å². The van der Waals surface area contributed by atoms with Gasteiger partial charge in [-0.25, -0.2) is 4.98 Å². The maximum atomic E-state index is 6.27. The number of halogens is 1. The zero-order chi connectivity index (χ0) is 14.7. The molecule has 0 saturated carbocycles. The molecule has 0 spiro atoms. The quantitative estimate of drug-likeness (QED) is 0.860. The van der Waals surface area contributed by atoms with Crippen LogP contribution in [0.15, 0.2) is 30.5 Å². The van der Waals surface area contributed by atoms with Crippen LogP contribution in [0.2, 0.25) is 5.02 Å². The van der Waals surface area contributed by atoms with E-state index in [1.807, 2.05) is 38.2 Å². The lowest BCUT2D eigenvalue weighted by atomic mass is 10.0. The van der Waals surface area contributed by atoms with Crippen molar-refractivity contribution in [1.29, 1.82) is 0 Å². The Balaban J connectivity index is 2.35. The Morgan fingerprint density at radius 1 is 1.25 bits per heavy atom. The van der Waals surface area contributed by atoms with Crippen molar-refractivity contribution in [3.05, 3.63) is 46.6 Å². The van der Waals surface area contributed by atoms with Gasteiger partial charge in [-0.05, 0) is 42.2 Å². The molecule has 0 bridgehead atoms. The predicted molar refractivity (Wildman–Crippen MR) is 84.1 cm³/mol.